The monoisotopic (exact) mass is 1170 g/mol. The molecule has 8 aromatic rings. The van der Waals surface area contributed by atoms with Crippen LogP contribution in [-0.2, 0) is 29.9 Å². The van der Waals surface area contributed by atoms with E-state index >= 15 is 0 Å². The molecule has 2 saturated carbocycles. The van der Waals surface area contributed by atoms with E-state index in [1.807, 2.05) is 48.5 Å². The number of rotatable bonds is 16. The molecule has 2 aliphatic carbocycles. The molecule has 12 nitrogen and oxygen atoms in total. The number of hydrogen-bond acceptors (Lipinski definition) is 12. The zero-order valence-corrected chi connectivity index (χ0v) is 48.3. The molecule has 79 heavy (non-hydrogen) atoms. The minimum Gasteiger partial charge on any atom is -0.549 e. The fraction of sp³-hybridized carbons (Fsp3) is 0.200. The van der Waals surface area contributed by atoms with Gasteiger partial charge in [-0.2, -0.15) is 8.78 Å². The van der Waals surface area contributed by atoms with Gasteiger partial charge in [0.25, 0.3) is 0 Å². The van der Waals surface area contributed by atoms with Crippen LogP contribution in [0.25, 0.3) is 43.1 Å². The number of methoxy groups -OCH3 is 2. The molecule has 0 bridgehead atoms. The van der Waals surface area contributed by atoms with Gasteiger partial charge in [0, 0.05) is 55.3 Å². The quantitative estimate of drug-likeness (QED) is 0.0886. The van der Waals surface area contributed by atoms with E-state index in [-0.39, 0.29) is 49.1 Å². The van der Waals surface area contributed by atoms with E-state index in [0.717, 1.165) is 56.1 Å². The Hall–Kier alpha value is -6.50. The molecule has 2 fully saturated rings. The minimum atomic E-state index is -1.05. The number of carbonyl (C=O) groups excluding carboxylic acids is 4. The first-order valence-corrected chi connectivity index (χ1v) is 26.9. The van der Waals surface area contributed by atoms with Gasteiger partial charge in [-0.05, 0) is 97.2 Å². The van der Waals surface area contributed by atoms with Crippen molar-refractivity contribution in [1.29, 1.82) is 0 Å². The Balaban J connectivity index is 0.000000205. The van der Waals surface area contributed by atoms with Crippen molar-refractivity contribution >= 4 is 119 Å². The largest absolute Gasteiger partial charge is 2.00 e. The van der Waals surface area contributed by atoms with E-state index in [2.05, 4.69) is 10.6 Å². The third kappa shape index (κ3) is 12.9. The standard InChI is InChI=1S/2C30H25ClFNO5S.Ca/c2*1-17(21-5-3-4-6-23(21)31)38-29(36)33-24-16-26(32)39-27(24)19-9-12-22(25(15-19)37-2)18-7-10-20(11-8-18)30(13-14-30)28(34)35;/h2*3-12,15-17H,13-14H2,1-2H3,(H,33,36)(H,34,35);/q;;+2/p-2/t2*17-;/m11./s1. The van der Waals surface area contributed by atoms with Crippen LogP contribution in [0.5, 0.6) is 11.5 Å². The summed E-state index contributed by atoms with van der Waals surface area (Å²) in [5.74, 6) is -1.02. The van der Waals surface area contributed by atoms with Crippen LogP contribution >= 0.6 is 45.9 Å². The van der Waals surface area contributed by atoms with Gasteiger partial charge in [0.15, 0.2) is 10.3 Å². The molecule has 2 aromatic heterocycles. The Kier molecular flexibility index (Phi) is 18.5. The molecule has 19 heteroatoms. The molecular weight excluding hydrogens is 1120 g/mol. The fourth-order valence-corrected chi connectivity index (χ4v) is 11.5. The smallest absolute Gasteiger partial charge is 0.549 e. The summed E-state index contributed by atoms with van der Waals surface area (Å²) >= 11 is 14.2. The third-order valence-corrected chi connectivity index (χ3v) is 16.5. The predicted octanol–water partition coefficient (Wildman–Crippen LogP) is 13.6. The summed E-state index contributed by atoms with van der Waals surface area (Å²) in [5, 5.41) is 28.4. The summed E-state index contributed by atoms with van der Waals surface area (Å²) in [5.41, 5.74) is 6.06. The number of benzene rings is 6. The summed E-state index contributed by atoms with van der Waals surface area (Å²) in [4.78, 5) is 49.4. The van der Waals surface area contributed by atoms with Crippen LogP contribution in [0.2, 0.25) is 10.0 Å². The van der Waals surface area contributed by atoms with Crippen LogP contribution in [0.15, 0.2) is 146 Å². The minimum absolute atomic E-state index is 0. The number of ether oxygens (including phenoxy) is 4. The maximum absolute atomic E-state index is 14.4. The van der Waals surface area contributed by atoms with Gasteiger partial charge in [-0.15, -0.1) is 22.7 Å². The maximum Gasteiger partial charge on any atom is 2.00 e. The van der Waals surface area contributed by atoms with Crippen LogP contribution in [0.4, 0.5) is 29.7 Å². The van der Waals surface area contributed by atoms with Gasteiger partial charge in [0.1, 0.15) is 23.7 Å². The first kappa shape index (κ1) is 58.6. The van der Waals surface area contributed by atoms with Gasteiger partial charge in [-0.3, -0.25) is 10.6 Å². The molecular formula is C60H48CaCl2F2N2O10S2. The fourth-order valence-electron chi connectivity index (χ4n) is 9.22. The Morgan fingerprint density at radius 2 is 0.873 bits per heavy atom. The van der Waals surface area contributed by atoms with E-state index in [1.54, 1.807) is 98.8 Å². The second-order valence-corrected chi connectivity index (χ2v) is 21.5. The van der Waals surface area contributed by atoms with E-state index in [9.17, 15) is 38.2 Å². The second kappa shape index (κ2) is 24.9. The summed E-state index contributed by atoms with van der Waals surface area (Å²) in [7, 11) is 3.07. The number of hydrogen-bond donors (Lipinski definition) is 2. The van der Waals surface area contributed by atoms with Crippen molar-refractivity contribution < 1.29 is 57.1 Å². The number of halogens is 4. The van der Waals surface area contributed by atoms with E-state index in [4.69, 9.17) is 42.1 Å². The normalized spacial score (nSPS) is 14.2. The second-order valence-electron chi connectivity index (χ2n) is 18.7. The Morgan fingerprint density at radius 1 is 0.532 bits per heavy atom. The molecule has 400 valence electrons. The summed E-state index contributed by atoms with van der Waals surface area (Å²) in [6.45, 7) is 3.41. The van der Waals surface area contributed by atoms with Crippen LogP contribution in [0, 0.1) is 10.3 Å². The van der Waals surface area contributed by atoms with Gasteiger partial charge in [0.05, 0.1) is 47.3 Å². The Labute approximate surface area is 502 Å². The summed E-state index contributed by atoms with van der Waals surface area (Å²) < 4.78 is 50.9. The van der Waals surface area contributed by atoms with Gasteiger partial charge in [-0.25, -0.2) is 9.59 Å². The van der Waals surface area contributed by atoms with Crippen molar-refractivity contribution in [3.8, 4) is 54.6 Å². The van der Waals surface area contributed by atoms with Crippen molar-refractivity contribution in [2.45, 2.75) is 62.6 Å². The molecule has 2 N–H and O–H groups in total. The Bertz CT molecular complexity index is 3340. The van der Waals surface area contributed by atoms with E-state index in [1.165, 1.54) is 26.4 Å². The van der Waals surface area contributed by atoms with E-state index < -0.39 is 57.4 Å². The van der Waals surface area contributed by atoms with Gasteiger partial charge in [-0.1, -0.05) is 132 Å². The number of aliphatic carboxylic acids is 2. The topological polar surface area (TPSA) is 175 Å². The average molecular weight is 1170 g/mol. The molecule has 10 rings (SSSR count). The Morgan fingerprint density at radius 3 is 1.19 bits per heavy atom. The van der Waals surface area contributed by atoms with Crippen LogP contribution in [0.3, 0.4) is 0 Å². The number of thiophene rings is 2. The first-order valence-electron chi connectivity index (χ1n) is 24.5. The SMILES string of the molecule is COc1cc(-c2sc(F)cc2NC(=O)O[C@H](C)c2ccccc2Cl)ccc1-c1ccc(C2(C(=O)[O-])CC2)cc1.COc1cc(-c2sc(F)cc2NC(=O)O[C@H](C)c2ccccc2Cl)ccc1-c1ccc(C2(C(=O)[O-])CC2)cc1.[Ca+2]. The molecule has 0 saturated heterocycles. The van der Waals surface area contributed by atoms with Gasteiger partial charge < -0.3 is 38.7 Å². The zero-order valence-electron chi connectivity index (χ0n) is 43.0. The number of nitrogens with one attached hydrogen (secondary N) is 2. The zero-order chi connectivity index (χ0) is 55.5. The first-order chi connectivity index (χ1) is 37.4. The molecule has 0 aliphatic heterocycles. The number of carbonyl (C=O) groups is 4. The average Bonchev–Trinajstić information content (AvgIpc) is 4.37. The van der Waals surface area contributed by atoms with Crippen molar-refractivity contribution in [1.82, 2.24) is 0 Å². The summed E-state index contributed by atoms with van der Waals surface area (Å²) in [6.07, 6.45) is -0.402. The molecule has 0 unspecified atom stereocenters. The van der Waals surface area contributed by atoms with Crippen LogP contribution < -0.4 is 30.3 Å². The van der Waals surface area contributed by atoms with Crippen LogP contribution in [-0.4, -0.2) is 76.1 Å². The number of carboxylic acids is 2. The van der Waals surface area contributed by atoms with Crippen LogP contribution in [0.1, 0.15) is 74.0 Å². The molecule has 2 amide bonds. The molecule has 0 spiro atoms. The number of anilines is 2. The van der Waals surface area contributed by atoms with Crippen molar-refractivity contribution in [3.63, 3.8) is 0 Å². The number of carboxylic acid groups (broad SMARTS) is 2. The third-order valence-electron chi connectivity index (χ3n) is 13.8. The number of amides is 2. The molecule has 0 radical (unpaired) electrons. The van der Waals surface area contributed by atoms with Crippen molar-refractivity contribution in [2.24, 2.45) is 0 Å². The van der Waals surface area contributed by atoms with Gasteiger partial charge >= 0.3 is 49.9 Å². The predicted molar refractivity (Wildman–Crippen MR) is 301 cm³/mol. The maximum atomic E-state index is 14.4. The van der Waals surface area contributed by atoms with Gasteiger partial charge in [0.2, 0.25) is 0 Å². The molecule has 2 atom stereocenters. The molecule has 6 aromatic carbocycles. The van der Waals surface area contributed by atoms with Crippen molar-refractivity contribution in [3.05, 3.63) is 188 Å². The molecule has 2 heterocycles. The van der Waals surface area contributed by atoms with Crippen molar-refractivity contribution in [2.75, 3.05) is 24.9 Å². The summed E-state index contributed by atoms with van der Waals surface area (Å²) in [6, 6.07) is 42.1. The molecule has 2 aliphatic rings. The van der Waals surface area contributed by atoms with E-state index in [0.29, 0.717) is 79.2 Å².